The number of halogens is 1. The maximum absolute atomic E-state index is 14.0. The molecule has 0 amide bonds. The second kappa shape index (κ2) is 6.72. The van der Waals surface area contributed by atoms with Crippen molar-refractivity contribution in [3.05, 3.63) is 23.5 Å². The minimum absolute atomic E-state index is 0.186. The van der Waals surface area contributed by atoms with Gasteiger partial charge in [-0.15, -0.1) is 0 Å². The molecule has 0 saturated carbocycles. The van der Waals surface area contributed by atoms with Gasteiger partial charge >= 0.3 is 0 Å². The summed E-state index contributed by atoms with van der Waals surface area (Å²) in [5.74, 6) is -0.772. The molecule has 7 heteroatoms. The van der Waals surface area contributed by atoms with E-state index >= 15 is 0 Å². The van der Waals surface area contributed by atoms with Crippen LogP contribution in [0.3, 0.4) is 0 Å². The molecule has 0 atom stereocenters. The SMILES string of the molecule is COCCC(C)(C)CNS(=O)(=O)c1cc(N)cc(C)c1F. The zero-order valence-electron chi connectivity index (χ0n) is 12.9. The first kappa shape index (κ1) is 17.9. The summed E-state index contributed by atoms with van der Waals surface area (Å²) in [6.45, 7) is 6.02. The predicted octanol–water partition coefficient (Wildman–Crippen LogP) is 2.06. The summed E-state index contributed by atoms with van der Waals surface area (Å²) >= 11 is 0. The van der Waals surface area contributed by atoms with Gasteiger partial charge in [0.1, 0.15) is 10.7 Å². The molecular formula is C14H23FN2O3S. The van der Waals surface area contributed by atoms with Gasteiger partial charge in [-0.25, -0.2) is 17.5 Å². The number of sulfonamides is 1. The molecular weight excluding hydrogens is 295 g/mol. The van der Waals surface area contributed by atoms with E-state index in [4.69, 9.17) is 10.5 Å². The van der Waals surface area contributed by atoms with Crippen molar-refractivity contribution in [2.75, 3.05) is 26.0 Å². The monoisotopic (exact) mass is 318 g/mol. The first-order valence-electron chi connectivity index (χ1n) is 6.63. The lowest BCUT2D eigenvalue weighted by Crippen LogP contribution is -2.35. The van der Waals surface area contributed by atoms with Crippen molar-refractivity contribution in [2.24, 2.45) is 5.41 Å². The van der Waals surface area contributed by atoms with Crippen molar-refractivity contribution >= 4 is 15.7 Å². The molecule has 1 rings (SSSR count). The number of nitrogens with two attached hydrogens (primary N) is 1. The van der Waals surface area contributed by atoms with Gasteiger partial charge in [-0.3, -0.25) is 0 Å². The van der Waals surface area contributed by atoms with Crippen LogP contribution in [0.5, 0.6) is 0 Å². The molecule has 1 aromatic rings. The van der Waals surface area contributed by atoms with Crippen LogP contribution in [0.4, 0.5) is 10.1 Å². The number of ether oxygens (including phenoxy) is 1. The number of methoxy groups -OCH3 is 1. The Kier molecular flexibility index (Phi) is 5.72. The molecule has 0 aliphatic carbocycles. The standard InChI is InChI=1S/C14H23FN2O3S/c1-10-7-11(16)8-12(13(10)15)21(18,19)17-9-14(2,3)5-6-20-4/h7-8,17H,5-6,9,16H2,1-4H3. The summed E-state index contributed by atoms with van der Waals surface area (Å²) in [5.41, 5.74) is 5.72. The average Bonchev–Trinajstić information content (AvgIpc) is 2.38. The van der Waals surface area contributed by atoms with Crippen molar-refractivity contribution in [1.29, 1.82) is 0 Å². The summed E-state index contributed by atoms with van der Waals surface area (Å²) in [4.78, 5) is -0.414. The number of nitrogens with one attached hydrogen (secondary N) is 1. The molecule has 0 saturated heterocycles. The quantitative estimate of drug-likeness (QED) is 0.754. The van der Waals surface area contributed by atoms with Gasteiger partial charge in [-0.2, -0.15) is 0 Å². The van der Waals surface area contributed by atoms with Crippen molar-refractivity contribution in [3.63, 3.8) is 0 Å². The molecule has 3 N–H and O–H groups in total. The fraction of sp³-hybridized carbons (Fsp3) is 0.571. The van der Waals surface area contributed by atoms with Gasteiger partial charge in [0, 0.05) is 25.9 Å². The van der Waals surface area contributed by atoms with Crippen molar-refractivity contribution in [1.82, 2.24) is 4.72 Å². The topological polar surface area (TPSA) is 81.4 Å². The maximum atomic E-state index is 14.0. The molecule has 0 fully saturated rings. The Morgan fingerprint density at radius 3 is 2.57 bits per heavy atom. The number of nitrogen functional groups attached to an aromatic ring is 1. The zero-order chi connectivity index (χ0) is 16.3. The zero-order valence-corrected chi connectivity index (χ0v) is 13.7. The highest BCUT2D eigenvalue weighted by Crippen LogP contribution is 2.23. The summed E-state index contributed by atoms with van der Waals surface area (Å²) in [7, 11) is -2.35. The Morgan fingerprint density at radius 1 is 1.38 bits per heavy atom. The van der Waals surface area contributed by atoms with Gasteiger partial charge in [0.2, 0.25) is 10.0 Å². The highest BCUT2D eigenvalue weighted by atomic mass is 32.2. The highest BCUT2D eigenvalue weighted by molar-refractivity contribution is 7.89. The van der Waals surface area contributed by atoms with Gasteiger partial charge in [0.15, 0.2) is 0 Å². The van der Waals surface area contributed by atoms with Crippen LogP contribution in [-0.2, 0) is 14.8 Å². The fourth-order valence-electron chi connectivity index (χ4n) is 1.79. The van der Waals surface area contributed by atoms with E-state index in [2.05, 4.69) is 4.72 Å². The number of aryl methyl sites for hydroxylation is 1. The molecule has 0 radical (unpaired) electrons. The first-order valence-corrected chi connectivity index (χ1v) is 8.11. The lowest BCUT2D eigenvalue weighted by atomic mass is 9.90. The molecule has 1 aromatic carbocycles. The number of hydrogen-bond acceptors (Lipinski definition) is 4. The lowest BCUT2D eigenvalue weighted by molar-refractivity contribution is 0.153. The first-order chi connectivity index (χ1) is 9.59. The van der Waals surface area contributed by atoms with Crippen molar-refractivity contribution in [3.8, 4) is 0 Å². The van der Waals surface area contributed by atoms with E-state index < -0.39 is 20.7 Å². The third-order valence-electron chi connectivity index (χ3n) is 3.26. The molecule has 0 aromatic heterocycles. The Hall–Kier alpha value is -1.18. The molecule has 21 heavy (non-hydrogen) atoms. The third kappa shape index (κ3) is 4.94. The van der Waals surface area contributed by atoms with Crippen LogP contribution in [0.2, 0.25) is 0 Å². The number of anilines is 1. The molecule has 0 bridgehead atoms. The van der Waals surface area contributed by atoms with Crippen LogP contribution in [0.15, 0.2) is 17.0 Å². The van der Waals surface area contributed by atoms with Crippen LogP contribution in [0.25, 0.3) is 0 Å². The van der Waals surface area contributed by atoms with E-state index in [9.17, 15) is 12.8 Å². The smallest absolute Gasteiger partial charge is 0.243 e. The largest absolute Gasteiger partial charge is 0.399 e. The Morgan fingerprint density at radius 2 is 2.00 bits per heavy atom. The van der Waals surface area contributed by atoms with Crippen molar-refractivity contribution < 1.29 is 17.5 Å². The van der Waals surface area contributed by atoms with Crippen LogP contribution in [-0.4, -0.2) is 28.7 Å². The highest BCUT2D eigenvalue weighted by Gasteiger charge is 2.25. The molecule has 0 aliphatic rings. The van der Waals surface area contributed by atoms with Gasteiger partial charge in [0.25, 0.3) is 0 Å². The lowest BCUT2D eigenvalue weighted by Gasteiger charge is -2.24. The van der Waals surface area contributed by atoms with Crippen LogP contribution >= 0.6 is 0 Å². The number of rotatable bonds is 7. The van der Waals surface area contributed by atoms with Gasteiger partial charge in [-0.1, -0.05) is 13.8 Å². The second-order valence-corrected chi connectivity index (χ2v) is 7.62. The minimum atomic E-state index is -3.94. The molecule has 5 nitrogen and oxygen atoms in total. The molecule has 0 heterocycles. The van der Waals surface area contributed by atoms with Gasteiger partial charge in [0.05, 0.1) is 0 Å². The summed E-state index contributed by atoms with van der Waals surface area (Å²) in [6, 6.07) is 2.53. The minimum Gasteiger partial charge on any atom is -0.399 e. The number of benzene rings is 1. The van der Waals surface area contributed by atoms with Crippen molar-refractivity contribution in [2.45, 2.75) is 32.1 Å². The summed E-state index contributed by atoms with van der Waals surface area (Å²) in [6.07, 6.45) is 0.685. The summed E-state index contributed by atoms with van der Waals surface area (Å²) in [5, 5.41) is 0. The second-order valence-electron chi connectivity index (χ2n) is 5.88. The van der Waals surface area contributed by atoms with E-state index in [0.717, 1.165) is 6.07 Å². The average molecular weight is 318 g/mol. The Labute approximate surface area is 125 Å². The third-order valence-corrected chi connectivity index (χ3v) is 4.66. The molecule has 0 spiro atoms. The normalized spacial score (nSPS) is 12.6. The van der Waals surface area contributed by atoms with E-state index in [-0.39, 0.29) is 23.2 Å². The van der Waals surface area contributed by atoms with Gasteiger partial charge in [-0.05, 0) is 36.5 Å². The van der Waals surface area contributed by atoms with E-state index in [0.29, 0.717) is 13.0 Å². The van der Waals surface area contributed by atoms with E-state index in [1.54, 1.807) is 7.11 Å². The van der Waals surface area contributed by atoms with E-state index in [1.807, 2.05) is 13.8 Å². The molecule has 0 unspecified atom stereocenters. The Balaban J connectivity index is 2.93. The van der Waals surface area contributed by atoms with Crippen LogP contribution < -0.4 is 10.5 Å². The molecule has 0 aliphatic heterocycles. The Bertz CT molecular complexity index is 600. The maximum Gasteiger partial charge on any atom is 0.243 e. The fourth-order valence-corrected chi connectivity index (χ4v) is 3.22. The summed E-state index contributed by atoms with van der Waals surface area (Å²) < 4.78 is 45.9. The van der Waals surface area contributed by atoms with Crippen LogP contribution in [0, 0.1) is 18.2 Å². The molecule has 120 valence electrons. The van der Waals surface area contributed by atoms with Crippen LogP contribution in [0.1, 0.15) is 25.8 Å². The number of hydrogen-bond donors (Lipinski definition) is 2. The van der Waals surface area contributed by atoms with E-state index in [1.165, 1.54) is 13.0 Å². The van der Waals surface area contributed by atoms with Gasteiger partial charge < -0.3 is 10.5 Å². The predicted molar refractivity (Wildman–Crippen MR) is 81.0 cm³/mol.